The minimum atomic E-state index is -1.02. The highest BCUT2D eigenvalue weighted by molar-refractivity contribution is 6.20. The van der Waals surface area contributed by atoms with Gasteiger partial charge in [0.1, 0.15) is 11.3 Å². The molecule has 1 N–H and O–H groups in total. The van der Waals surface area contributed by atoms with Gasteiger partial charge in [-0.2, -0.15) is 0 Å². The smallest absolute Gasteiger partial charge is 0.295 e. The first kappa shape index (κ1) is 21.3. The van der Waals surface area contributed by atoms with Crippen molar-refractivity contribution in [2.24, 2.45) is 0 Å². The summed E-state index contributed by atoms with van der Waals surface area (Å²) in [6.07, 6.45) is 0. The Balaban J connectivity index is 1.68. The van der Waals surface area contributed by atoms with E-state index in [1.54, 1.807) is 55.5 Å². The molecule has 1 amide bonds. The van der Waals surface area contributed by atoms with Crippen molar-refractivity contribution in [3.05, 3.63) is 83.0 Å². The molecule has 0 aliphatic carbocycles. The molecule has 1 atom stereocenters. The number of fused-ring (bicyclic) bond motifs is 1. The number of rotatable bonds is 6. The maximum Gasteiger partial charge on any atom is 0.295 e. The molecule has 0 saturated heterocycles. The van der Waals surface area contributed by atoms with Crippen LogP contribution in [0.3, 0.4) is 0 Å². The van der Waals surface area contributed by atoms with Crippen LogP contribution in [0.25, 0.3) is 11.0 Å². The van der Waals surface area contributed by atoms with Gasteiger partial charge in [-0.05, 0) is 36.8 Å². The van der Waals surface area contributed by atoms with E-state index in [9.17, 15) is 14.7 Å². The monoisotopic (exact) mass is 460 g/mol. The normalized spacial score (nSPS) is 15.9. The van der Waals surface area contributed by atoms with Crippen molar-refractivity contribution in [2.75, 3.05) is 19.1 Å². The molecule has 0 fully saturated rings. The van der Waals surface area contributed by atoms with Crippen molar-refractivity contribution >= 4 is 28.5 Å². The molecule has 0 spiro atoms. The zero-order valence-corrected chi connectivity index (χ0v) is 18.6. The molecule has 9 heteroatoms. The fourth-order valence-corrected chi connectivity index (χ4v) is 4.11. The standard InChI is InChI=1S/C25H20N2O7/c1-13-10-20(26-34-13)27-22(15-8-9-17(31-2)18(12-15)32-3)21(24(29)25(27)30)23(28)19-11-14-6-4-5-7-16(14)33-19/h4-12,22,29H,1-3H3/t22-/m0/s1. The predicted molar refractivity (Wildman–Crippen MR) is 121 cm³/mol. The summed E-state index contributed by atoms with van der Waals surface area (Å²) >= 11 is 0. The first-order valence-electron chi connectivity index (χ1n) is 10.4. The molecule has 9 nitrogen and oxygen atoms in total. The molecule has 172 valence electrons. The molecule has 4 aromatic rings. The molecular formula is C25H20N2O7. The average Bonchev–Trinajstić information content (AvgIpc) is 3.54. The molecule has 0 radical (unpaired) electrons. The minimum absolute atomic E-state index is 0.000731. The van der Waals surface area contributed by atoms with E-state index in [0.717, 1.165) is 5.39 Å². The summed E-state index contributed by atoms with van der Waals surface area (Å²) in [6, 6.07) is 14.2. The summed E-state index contributed by atoms with van der Waals surface area (Å²) in [5.74, 6) is -0.614. The van der Waals surface area contributed by atoms with Crippen LogP contribution in [-0.4, -0.2) is 36.2 Å². The molecular weight excluding hydrogens is 440 g/mol. The Kier molecular flexibility index (Phi) is 5.09. The number of nitrogens with zero attached hydrogens (tertiary/aromatic N) is 2. The Morgan fingerprint density at radius 2 is 1.82 bits per heavy atom. The molecule has 0 unspecified atom stereocenters. The molecule has 34 heavy (non-hydrogen) atoms. The van der Waals surface area contributed by atoms with Gasteiger partial charge in [0.25, 0.3) is 5.91 Å². The van der Waals surface area contributed by atoms with Crippen molar-refractivity contribution in [2.45, 2.75) is 13.0 Å². The third-order valence-corrected chi connectivity index (χ3v) is 5.69. The molecule has 1 aliphatic heterocycles. The predicted octanol–water partition coefficient (Wildman–Crippen LogP) is 4.53. The lowest BCUT2D eigenvalue weighted by atomic mass is 9.94. The Hall–Kier alpha value is -4.53. The van der Waals surface area contributed by atoms with E-state index in [1.807, 2.05) is 6.07 Å². The minimum Gasteiger partial charge on any atom is -0.503 e. The van der Waals surface area contributed by atoms with Crippen LogP contribution in [0.15, 0.2) is 74.9 Å². The van der Waals surface area contributed by atoms with Gasteiger partial charge in [0.05, 0.1) is 25.8 Å². The lowest BCUT2D eigenvalue weighted by Crippen LogP contribution is -2.31. The zero-order valence-electron chi connectivity index (χ0n) is 18.6. The highest BCUT2D eigenvalue weighted by Crippen LogP contribution is 2.44. The molecule has 2 aromatic carbocycles. The average molecular weight is 460 g/mol. The number of ketones is 1. The van der Waals surface area contributed by atoms with E-state index in [4.69, 9.17) is 18.4 Å². The van der Waals surface area contributed by atoms with E-state index in [0.29, 0.717) is 28.4 Å². The third-order valence-electron chi connectivity index (χ3n) is 5.69. The van der Waals surface area contributed by atoms with Crippen molar-refractivity contribution in [3.8, 4) is 11.5 Å². The number of aliphatic hydroxyl groups excluding tert-OH is 1. The van der Waals surface area contributed by atoms with Crippen molar-refractivity contribution < 1.29 is 33.1 Å². The number of para-hydroxylation sites is 1. The van der Waals surface area contributed by atoms with Crippen LogP contribution < -0.4 is 14.4 Å². The van der Waals surface area contributed by atoms with E-state index in [2.05, 4.69) is 5.16 Å². The number of hydrogen-bond donors (Lipinski definition) is 1. The maximum atomic E-state index is 13.6. The summed E-state index contributed by atoms with van der Waals surface area (Å²) in [7, 11) is 2.98. The Bertz CT molecular complexity index is 1430. The maximum absolute atomic E-state index is 13.6. The van der Waals surface area contributed by atoms with Gasteiger partial charge in [-0.3, -0.25) is 14.5 Å². The number of furan rings is 1. The highest BCUT2D eigenvalue weighted by atomic mass is 16.5. The fourth-order valence-electron chi connectivity index (χ4n) is 4.11. The van der Waals surface area contributed by atoms with Gasteiger partial charge < -0.3 is 23.5 Å². The highest BCUT2D eigenvalue weighted by Gasteiger charge is 2.46. The summed E-state index contributed by atoms with van der Waals surface area (Å²) in [6.45, 7) is 1.68. The van der Waals surface area contributed by atoms with Gasteiger partial charge in [0.2, 0.25) is 5.78 Å². The van der Waals surface area contributed by atoms with Crippen LogP contribution in [0.1, 0.15) is 27.9 Å². The fraction of sp³-hybridized carbons (Fsp3) is 0.160. The number of ether oxygens (including phenoxy) is 2. The Morgan fingerprint density at radius 3 is 2.50 bits per heavy atom. The zero-order chi connectivity index (χ0) is 24.0. The van der Waals surface area contributed by atoms with Gasteiger partial charge in [0, 0.05) is 11.5 Å². The molecule has 1 aliphatic rings. The lowest BCUT2D eigenvalue weighted by molar-refractivity contribution is -0.117. The third kappa shape index (κ3) is 3.29. The summed E-state index contributed by atoms with van der Waals surface area (Å²) in [4.78, 5) is 28.0. The second-order valence-corrected chi connectivity index (χ2v) is 7.73. The number of amides is 1. The van der Waals surface area contributed by atoms with E-state index in [-0.39, 0.29) is 17.2 Å². The number of aromatic nitrogens is 1. The van der Waals surface area contributed by atoms with Gasteiger partial charge in [-0.1, -0.05) is 29.4 Å². The number of benzene rings is 2. The lowest BCUT2D eigenvalue weighted by Gasteiger charge is -2.24. The number of carbonyl (C=O) groups is 2. The summed E-state index contributed by atoms with van der Waals surface area (Å²) < 4.78 is 21.6. The number of anilines is 1. The molecule has 3 heterocycles. The molecule has 5 rings (SSSR count). The van der Waals surface area contributed by atoms with Crippen LogP contribution >= 0.6 is 0 Å². The van der Waals surface area contributed by atoms with Crippen LogP contribution in [-0.2, 0) is 4.79 Å². The molecule has 0 bridgehead atoms. The van der Waals surface area contributed by atoms with Crippen LogP contribution in [0, 0.1) is 6.92 Å². The van der Waals surface area contributed by atoms with Crippen LogP contribution in [0.2, 0.25) is 0 Å². The SMILES string of the molecule is COc1ccc([C@H]2C(C(=O)c3cc4ccccc4o3)=C(O)C(=O)N2c2cc(C)on2)cc1OC. The van der Waals surface area contributed by atoms with Crippen molar-refractivity contribution in [1.29, 1.82) is 0 Å². The number of aryl methyl sites for hydroxylation is 1. The first-order chi connectivity index (χ1) is 16.4. The second kappa shape index (κ2) is 8.11. The van der Waals surface area contributed by atoms with Crippen molar-refractivity contribution in [1.82, 2.24) is 5.16 Å². The Morgan fingerprint density at radius 1 is 1.06 bits per heavy atom. The molecule has 0 saturated carbocycles. The van der Waals surface area contributed by atoms with Crippen LogP contribution in [0.5, 0.6) is 11.5 Å². The Labute approximate surface area is 193 Å². The van der Waals surface area contributed by atoms with Gasteiger partial charge in [-0.25, -0.2) is 0 Å². The second-order valence-electron chi connectivity index (χ2n) is 7.73. The van der Waals surface area contributed by atoms with E-state index >= 15 is 0 Å². The first-order valence-corrected chi connectivity index (χ1v) is 10.4. The topological polar surface area (TPSA) is 115 Å². The van der Waals surface area contributed by atoms with Gasteiger partial charge >= 0.3 is 0 Å². The summed E-state index contributed by atoms with van der Waals surface area (Å²) in [5.41, 5.74) is 0.869. The summed E-state index contributed by atoms with van der Waals surface area (Å²) in [5, 5.41) is 15.5. The van der Waals surface area contributed by atoms with E-state index < -0.39 is 23.5 Å². The molecule has 2 aromatic heterocycles. The van der Waals surface area contributed by atoms with E-state index in [1.165, 1.54) is 19.1 Å². The number of methoxy groups -OCH3 is 2. The quantitative estimate of drug-likeness (QED) is 0.417. The van der Waals surface area contributed by atoms with Gasteiger partial charge in [0.15, 0.2) is 28.8 Å². The van der Waals surface area contributed by atoms with Crippen LogP contribution in [0.4, 0.5) is 5.82 Å². The largest absolute Gasteiger partial charge is 0.503 e. The van der Waals surface area contributed by atoms with Crippen molar-refractivity contribution in [3.63, 3.8) is 0 Å². The number of aliphatic hydroxyl groups is 1. The van der Waals surface area contributed by atoms with Gasteiger partial charge in [-0.15, -0.1) is 0 Å². The number of hydrogen-bond acceptors (Lipinski definition) is 8. The number of Topliss-reactive ketones (excluding diaryl/α,β-unsaturated/α-hetero) is 1. The number of carbonyl (C=O) groups excluding carboxylic acids is 2.